The SMILES string of the molecule is COC(=O)c1cnc(-c2ccccc2)c(N(C)C)c1. The van der Waals surface area contributed by atoms with Crippen LogP contribution in [0.3, 0.4) is 0 Å². The summed E-state index contributed by atoms with van der Waals surface area (Å²) in [7, 11) is 5.21. The van der Waals surface area contributed by atoms with Crippen molar-refractivity contribution >= 4 is 11.7 Å². The molecule has 2 rings (SSSR count). The molecule has 0 unspecified atom stereocenters. The molecule has 1 aromatic heterocycles. The number of benzene rings is 1. The first kappa shape index (κ1) is 13.1. The minimum atomic E-state index is -0.379. The molecule has 0 aliphatic carbocycles. The molecule has 0 radical (unpaired) electrons. The molecule has 19 heavy (non-hydrogen) atoms. The molecule has 0 atom stereocenters. The van der Waals surface area contributed by atoms with Crippen LogP contribution in [0.2, 0.25) is 0 Å². The van der Waals surface area contributed by atoms with Gasteiger partial charge in [-0.15, -0.1) is 0 Å². The molecule has 0 amide bonds. The number of esters is 1. The maximum atomic E-state index is 11.6. The van der Waals surface area contributed by atoms with Crippen LogP contribution in [-0.2, 0) is 4.74 Å². The summed E-state index contributed by atoms with van der Waals surface area (Å²) in [5.74, 6) is -0.379. The minimum absolute atomic E-state index is 0.379. The summed E-state index contributed by atoms with van der Waals surface area (Å²) in [6, 6.07) is 11.7. The Hall–Kier alpha value is -2.36. The van der Waals surface area contributed by atoms with Gasteiger partial charge >= 0.3 is 5.97 Å². The van der Waals surface area contributed by atoms with E-state index >= 15 is 0 Å². The zero-order valence-corrected chi connectivity index (χ0v) is 11.3. The second-order valence-corrected chi connectivity index (χ2v) is 4.34. The van der Waals surface area contributed by atoms with E-state index in [2.05, 4.69) is 4.98 Å². The second kappa shape index (κ2) is 5.52. The summed E-state index contributed by atoms with van der Waals surface area (Å²) < 4.78 is 4.72. The Labute approximate surface area is 112 Å². The van der Waals surface area contributed by atoms with Gasteiger partial charge in [-0.1, -0.05) is 30.3 Å². The van der Waals surface area contributed by atoms with Crippen LogP contribution < -0.4 is 4.90 Å². The van der Waals surface area contributed by atoms with Gasteiger partial charge in [-0.25, -0.2) is 4.79 Å². The molecule has 0 spiro atoms. The van der Waals surface area contributed by atoms with Crippen LogP contribution in [-0.4, -0.2) is 32.2 Å². The number of hydrogen-bond acceptors (Lipinski definition) is 4. The summed E-state index contributed by atoms with van der Waals surface area (Å²) in [6.45, 7) is 0. The van der Waals surface area contributed by atoms with E-state index in [0.717, 1.165) is 16.9 Å². The molecule has 0 fully saturated rings. The highest BCUT2D eigenvalue weighted by Gasteiger charge is 2.13. The Morgan fingerprint density at radius 1 is 1.21 bits per heavy atom. The molecule has 0 aliphatic rings. The van der Waals surface area contributed by atoms with Gasteiger partial charge in [-0.2, -0.15) is 0 Å². The topological polar surface area (TPSA) is 42.4 Å². The van der Waals surface area contributed by atoms with Gasteiger partial charge in [0.25, 0.3) is 0 Å². The van der Waals surface area contributed by atoms with Crippen LogP contribution in [0.25, 0.3) is 11.3 Å². The van der Waals surface area contributed by atoms with Crippen LogP contribution in [0.1, 0.15) is 10.4 Å². The van der Waals surface area contributed by atoms with Gasteiger partial charge in [0, 0.05) is 25.9 Å². The van der Waals surface area contributed by atoms with E-state index in [9.17, 15) is 4.79 Å². The van der Waals surface area contributed by atoms with Gasteiger partial charge in [0.05, 0.1) is 24.1 Å². The number of nitrogens with zero attached hydrogens (tertiary/aromatic N) is 2. The number of pyridine rings is 1. The molecule has 0 bridgehead atoms. The van der Waals surface area contributed by atoms with Crippen LogP contribution in [0, 0.1) is 0 Å². The van der Waals surface area contributed by atoms with Gasteiger partial charge in [0.1, 0.15) is 0 Å². The zero-order chi connectivity index (χ0) is 13.8. The van der Waals surface area contributed by atoms with Gasteiger partial charge in [0.15, 0.2) is 0 Å². The van der Waals surface area contributed by atoms with Gasteiger partial charge in [-0.3, -0.25) is 4.98 Å². The Morgan fingerprint density at radius 3 is 2.47 bits per heavy atom. The lowest BCUT2D eigenvalue weighted by atomic mass is 10.1. The Balaban J connectivity index is 2.53. The highest BCUT2D eigenvalue weighted by atomic mass is 16.5. The normalized spacial score (nSPS) is 10.1. The first-order valence-electron chi connectivity index (χ1n) is 5.94. The zero-order valence-electron chi connectivity index (χ0n) is 11.3. The summed E-state index contributed by atoms with van der Waals surface area (Å²) in [5.41, 5.74) is 3.20. The lowest BCUT2D eigenvalue weighted by molar-refractivity contribution is 0.0600. The molecule has 0 aliphatic heterocycles. The van der Waals surface area contributed by atoms with E-state index in [1.54, 1.807) is 12.3 Å². The summed E-state index contributed by atoms with van der Waals surface area (Å²) in [5, 5.41) is 0. The molecular weight excluding hydrogens is 240 g/mol. The van der Waals surface area contributed by atoms with Crippen molar-refractivity contribution in [3.8, 4) is 11.3 Å². The lowest BCUT2D eigenvalue weighted by Crippen LogP contribution is -2.13. The largest absolute Gasteiger partial charge is 0.465 e. The maximum Gasteiger partial charge on any atom is 0.339 e. The summed E-state index contributed by atoms with van der Waals surface area (Å²) >= 11 is 0. The number of rotatable bonds is 3. The van der Waals surface area contributed by atoms with E-state index < -0.39 is 0 Å². The molecule has 2 aromatic rings. The molecule has 98 valence electrons. The van der Waals surface area contributed by atoms with Crippen molar-refractivity contribution in [2.75, 3.05) is 26.1 Å². The van der Waals surface area contributed by atoms with Crippen molar-refractivity contribution in [2.45, 2.75) is 0 Å². The third-order valence-corrected chi connectivity index (χ3v) is 2.82. The fourth-order valence-electron chi connectivity index (χ4n) is 1.84. The molecule has 1 heterocycles. The van der Waals surface area contributed by atoms with E-state index in [0.29, 0.717) is 5.56 Å². The number of methoxy groups -OCH3 is 1. The molecule has 1 aromatic carbocycles. The van der Waals surface area contributed by atoms with Crippen LogP contribution in [0.5, 0.6) is 0 Å². The highest BCUT2D eigenvalue weighted by molar-refractivity contribution is 5.91. The fourth-order valence-corrected chi connectivity index (χ4v) is 1.84. The van der Waals surface area contributed by atoms with Gasteiger partial charge in [0.2, 0.25) is 0 Å². The second-order valence-electron chi connectivity index (χ2n) is 4.34. The standard InChI is InChI=1S/C15H16N2O2/c1-17(2)13-9-12(15(18)19-3)10-16-14(13)11-7-5-4-6-8-11/h4-10H,1-3H3. The van der Waals surface area contributed by atoms with Crippen molar-refractivity contribution in [3.05, 3.63) is 48.2 Å². The molecule has 0 N–H and O–H groups in total. The van der Waals surface area contributed by atoms with Crippen molar-refractivity contribution < 1.29 is 9.53 Å². The van der Waals surface area contributed by atoms with Crippen LogP contribution >= 0.6 is 0 Å². The Morgan fingerprint density at radius 2 is 1.89 bits per heavy atom. The number of hydrogen-bond donors (Lipinski definition) is 0. The maximum absolute atomic E-state index is 11.6. The first-order chi connectivity index (χ1) is 9.13. The quantitative estimate of drug-likeness (QED) is 0.792. The van der Waals surface area contributed by atoms with Crippen LogP contribution in [0.4, 0.5) is 5.69 Å². The molecule has 4 heteroatoms. The van der Waals surface area contributed by atoms with Crippen molar-refractivity contribution in [1.82, 2.24) is 4.98 Å². The van der Waals surface area contributed by atoms with Gasteiger partial charge < -0.3 is 9.64 Å². The smallest absolute Gasteiger partial charge is 0.339 e. The Bertz CT molecular complexity index is 580. The number of anilines is 1. The van der Waals surface area contributed by atoms with Crippen molar-refractivity contribution in [3.63, 3.8) is 0 Å². The highest BCUT2D eigenvalue weighted by Crippen LogP contribution is 2.28. The third kappa shape index (κ3) is 2.73. The van der Waals surface area contributed by atoms with Crippen molar-refractivity contribution in [2.24, 2.45) is 0 Å². The minimum Gasteiger partial charge on any atom is -0.465 e. The van der Waals surface area contributed by atoms with Gasteiger partial charge in [-0.05, 0) is 6.07 Å². The van der Waals surface area contributed by atoms with Crippen LogP contribution in [0.15, 0.2) is 42.6 Å². The molecular formula is C15H16N2O2. The summed E-state index contributed by atoms with van der Waals surface area (Å²) in [4.78, 5) is 17.9. The lowest BCUT2D eigenvalue weighted by Gasteiger charge is -2.17. The van der Waals surface area contributed by atoms with E-state index in [1.165, 1.54) is 7.11 Å². The van der Waals surface area contributed by atoms with Crippen molar-refractivity contribution in [1.29, 1.82) is 0 Å². The van der Waals surface area contributed by atoms with E-state index in [1.807, 2.05) is 49.3 Å². The summed E-state index contributed by atoms with van der Waals surface area (Å²) in [6.07, 6.45) is 1.54. The number of carbonyl (C=O) groups excluding carboxylic acids is 1. The number of carbonyl (C=O) groups is 1. The molecule has 0 saturated heterocycles. The predicted octanol–water partition coefficient (Wildman–Crippen LogP) is 2.60. The van der Waals surface area contributed by atoms with E-state index in [-0.39, 0.29) is 5.97 Å². The fraction of sp³-hybridized carbons (Fsp3) is 0.200. The first-order valence-corrected chi connectivity index (χ1v) is 5.94. The third-order valence-electron chi connectivity index (χ3n) is 2.82. The predicted molar refractivity (Wildman–Crippen MR) is 75.3 cm³/mol. The molecule has 0 saturated carbocycles. The average Bonchev–Trinajstić information content (AvgIpc) is 2.46. The molecule has 4 nitrogen and oxygen atoms in total. The number of aromatic nitrogens is 1. The monoisotopic (exact) mass is 256 g/mol. The number of ether oxygens (including phenoxy) is 1. The van der Waals surface area contributed by atoms with E-state index in [4.69, 9.17) is 4.74 Å². The Kier molecular flexibility index (Phi) is 3.80. The average molecular weight is 256 g/mol.